The number of nitrogens with one attached hydrogen (secondary N) is 1. The Morgan fingerprint density at radius 1 is 1.24 bits per heavy atom. The van der Waals surface area contributed by atoms with Crippen LogP contribution in [-0.4, -0.2) is 17.6 Å². The number of carbonyl (C=O) groups is 1. The predicted octanol–water partition coefficient (Wildman–Crippen LogP) is 3.16. The monoisotopic (exact) mass is 360 g/mol. The van der Waals surface area contributed by atoms with Gasteiger partial charge in [0.25, 0.3) is 0 Å². The van der Waals surface area contributed by atoms with E-state index in [4.69, 9.17) is 16.5 Å². The van der Waals surface area contributed by atoms with E-state index in [9.17, 15) is 14.0 Å². The van der Waals surface area contributed by atoms with E-state index >= 15 is 0 Å². The highest BCUT2D eigenvalue weighted by atomic mass is 35.5. The fraction of sp³-hybridized carbons (Fsp3) is 0.111. The van der Waals surface area contributed by atoms with Gasteiger partial charge in [-0.2, -0.15) is 0 Å². The van der Waals surface area contributed by atoms with Gasteiger partial charge in [0.1, 0.15) is 11.5 Å². The summed E-state index contributed by atoms with van der Waals surface area (Å²) in [5, 5.41) is 0.278. The SMILES string of the molecule is COC(=O)c1c(CNCl)c(=O)c2ccc(F)cc2n1-c1ccccc1. The Morgan fingerprint density at radius 2 is 1.96 bits per heavy atom. The molecular formula is C18H14ClFN2O3. The second-order valence-electron chi connectivity index (χ2n) is 5.29. The van der Waals surface area contributed by atoms with Crippen LogP contribution in [0.4, 0.5) is 4.39 Å². The Bertz CT molecular complexity index is 1000. The normalized spacial score (nSPS) is 10.8. The molecule has 3 aromatic rings. The molecule has 2 aromatic carbocycles. The van der Waals surface area contributed by atoms with Crippen molar-refractivity contribution in [3.63, 3.8) is 0 Å². The average molecular weight is 361 g/mol. The highest BCUT2D eigenvalue weighted by Gasteiger charge is 2.24. The van der Waals surface area contributed by atoms with E-state index in [1.165, 1.54) is 29.9 Å². The van der Waals surface area contributed by atoms with E-state index < -0.39 is 17.2 Å². The molecule has 0 saturated carbocycles. The molecular weight excluding hydrogens is 347 g/mol. The van der Waals surface area contributed by atoms with Crippen LogP contribution in [0.3, 0.4) is 0 Å². The van der Waals surface area contributed by atoms with Crippen molar-refractivity contribution in [1.29, 1.82) is 0 Å². The van der Waals surface area contributed by atoms with E-state index in [-0.39, 0.29) is 28.7 Å². The molecule has 0 aliphatic rings. The Hall–Kier alpha value is -2.70. The number of halogens is 2. The van der Waals surface area contributed by atoms with Crippen LogP contribution in [0.2, 0.25) is 0 Å². The number of hydrogen-bond acceptors (Lipinski definition) is 4. The summed E-state index contributed by atoms with van der Waals surface area (Å²) >= 11 is 5.59. The Morgan fingerprint density at radius 3 is 2.60 bits per heavy atom. The molecule has 1 heterocycles. The molecule has 0 saturated heterocycles. The number of esters is 1. The number of nitrogens with zero attached hydrogens (tertiary/aromatic N) is 1. The zero-order valence-corrected chi connectivity index (χ0v) is 14.0. The number of ether oxygens (including phenoxy) is 1. The highest BCUT2D eigenvalue weighted by molar-refractivity contribution is 6.13. The number of hydrogen-bond donors (Lipinski definition) is 1. The summed E-state index contributed by atoms with van der Waals surface area (Å²) in [7, 11) is 1.22. The van der Waals surface area contributed by atoms with E-state index in [0.29, 0.717) is 5.69 Å². The minimum Gasteiger partial charge on any atom is -0.464 e. The molecule has 0 radical (unpaired) electrons. The van der Waals surface area contributed by atoms with Gasteiger partial charge in [-0.1, -0.05) is 18.2 Å². The lowest BCUT2D eigenvalue weighted by Gasteiger charge is -2.19. The summed E-state index contributed by atoms with van der Waals surface area (Å²) in [6.45, 7) is -0.0506. The maximum Gasteiger partial charge on any atom is 0.355 e. The van der Waals surface area contributed by atoms with Crippen LogP contribution >= 0.6 is 11.8 Å². The number of methoxy groups -OCH3 is 1. The number of pyridine rings is 1. The molecule has 0 atom stereocenters. The van der Waals surface area contributed by atoms with Crippen molar-refractivity contribution in [1.82, 2.24) is 9.40 Å². The van der Waals surface area contributed by atoms with Crippen molar-refractivity contribution in [2.45, 2.75) is 6.54 Å². The summed E-state index contributed by atoms with van der Waals surface area (Å²) in [5.41, 5.74) is 0.606. The van der Waals surface area contributed by atoms with Crippen molar-refractivity contribution < 1.29 is 13.9 Å². The Balaban J connectivity index is 2.55. The first-order chi connectivity index (χ1) is 12.1. The molecule has 1 N–H and O–H groups in total. The van der Waals surface area contributed by atoms with E-state index in [0.717, 1.165) is 0 Å². The third-order valence-electron chi connectivity index (χ3n) is 3.87. The second-order valence-corrected chi connectivity index (χ2v) is 5.56. The van der Waals surface area contributed by atoms with Crippen molar-refractivity contribution in [2.75, 3.05) is 7.11 Å². The van der Waals surface area contributed by atoms with Crippen molar-refractivity contribution >= 4 is 28.6 Å². The molecule has 0 unspecified atom stereocenters. The highest BCUT2D eigenvalue weighted by Crippen LogP contribution is 2.23. The molecule has 0 bridgehead atoms. The van der Waals surface area contributed by atoms with Crippen LogP contribution in [0.1, 0.15) is 16.1 Å². The molecule has 0 spiro atoms. The molecule has 1 aromatic heterocycles. The van der Waals surface area contributed by atoms with Crippen LogP contribution in [-0.2, 0) is 11.3 Å². The molecule has 25 heavy (non-hydrogen) atoms. The van der Waals surface area contributed by atoms with Crippen LogP contribution < -0.4 is 10.3 Å². The Kier molecular flexibility index (Phi) is 4.83. The minimum atomic E-state index is -0.714. The molecule has 0 aliphatic heterocycles. The zero-order chi connectivity index (χ0) is 18.0. The molecule has 128 valence electrons. The lowest BCUT2D eigenvalue weighted by Crippen LogP contribution is -2.26. The second kappa shape index (κ2) is 7.04. The topological polar surface area (TPSA) is 60.3 Å². The van der Waals surface area contributed by atoms with Gasteiger partial charge in [0, 0.05) is 23.2 Å². The first-order valence-electron chi connectivity index (χ1n) is 7.43. The molecule has 7 heteroatoms. The maximum absolute atomic E-state index is 13.9. The lowest BCUT2D eigenvalue weighted by molar-refractivity contribution is 0.0589. The predicted molar refractivity (Wildman–Crippen MR) is 93.5 cm³/mol. The number of rotatable bonds is 4. The van der Waals surface area contributed by atoms with E-state index in [2.05, 4.69) is 4.84 Å². The third kappa shape index (κ3) is 3.01. The van der Waals surface area contributed by atoms with Gasteiger partial charge in [-0.25, -0.2) is 14.0 Å². The quantitative estimate of drug-likeness (QED) is 0.573. The first kappa shape index (κ1) is 17.1. The molecule has 0 fully saturated rings. The summed E-state index contributed by atoms with van der Waals surface area (Å²) < 4.78 is 20.2. The van der Waals surface area contributed by atoms with Gasteiger partial charge in [0.05, 0.1) is 12.6 Å². The largest absolute Gasteiger partial charge is 0.464 e. The summed E-state index contributed by atoms with van der Waals surface area (Å²) in [6, 6.07) is 12.7. The molecule has 3 rings (SSSR count). The number of aromatic nitrogens is 1. The zero-order valence-electron chi connectivity index (χ0n) is 13.3. The van der Waals surface area contributed by atoms with Crippen LogP contribution in [0.5, 0.6) is 0 Å². The smallest absolute Gasteiger partial charge is 0.355 e. The number of para-hydroxylation sites is 1. The number of benzene rings is 2. The van der Waals surface area contributed by atoms with Crippen LogP contribution in [0, 0.1) is 5.82 Å². The average Bonchev–Trinajstić information content (AvgIpc) is 2.63. The molecule has 0 amide bonds. The first-order valence-corrected chi connectivity index (χ1v) is 7.80. The van der Waals surface area contributed by atoms with Gasteiger partial charge in [0.15, 0.2) is 5.43 Å². The maximum atomic E-state index is 13.9. The summed E-state index contributed by atoms with van der Waals surface area (Å²) in [4.78, 5) is 27.6. The van der Waals surface area contributed by atoms with Gasteiger partial charge in [-0.15, -0.1) is 0 Å². The number of fused-ring (bicyclic) bond motifs is 1. The fourth-order valence-corrected chi connectivity index (χ4v) is 2.93. The van der Waals surface area contributed by atoms with Gasteiger partial charge >= 0.3 is 5.97 Å². The van der Waals surface area contributed by atoms with Gasteiger partial charge in [-0.3, -0.25) is 4.79 Å². The van der Waals surface area contributed by atoms with Gasteiger partial charge < -0.3 is 9.30 Å². The van der Waals surface area contributed by atoms with Crippen molar-refractivity contribution in [2.24, 2.45) is 0 Å². The van der Waals surface area contributed by atoms with Crippen molar-refractivity contribution in [3.05, 3.63) is 75.8 Å². The Labute approximate surface area is 147 Å². The van der Waals surface area contributed by atoms with Crippen LogP contribution in [0.15, 0.2) is 53.3 Å². The van der Waals surface area contributed by atoms with Gasteiger partial charge in [0.2, 0.25) is 0 Å². The van der Waals surface area contributed by atoms with Gasteiger partial charge in [-0.05, 0) is 42.1 Å². The standard InChI is InChI=1S/C18H14ClFN2O3/c1-25-18(24)16-14(10-21-19)17(23)13-8-7-11(20)9-15(13)22(16)12-5-3-2-4-6-12/h2-9,21H,10H2,1H3. The fourth-order valence-electron chi connectivity index (χ4n) is 2.79. The molecule has 5 nitrogen and oxygen atoms in total. The minimum absolute atomic E-state index is 0.00458. The molecule has 0 aliphatic carbocycles. The summed E-state index contributed by atoms with van der Waals surface area (Å²) in [5.74, 6) is -1.23. The van der Waals surface area contributed by atoms with Crippen LogP contribution in [0.25, 0.3) is 16.6 Å². The lowest BCUT2D eigenvalue weighted by atomic mass is 10.1. The number of carbonyl (C=O) groups excluding carboxylic acids is 1. The van der Waals surface area contributed by atoms with Crippen molar-refractivity contribution in [3.8, 4) is 5.69 Å². The third-order valence-corrected chi connectivity index (χ3v) is 4.00. The van der Waals surface area contributed by atoms with E-state index in [1.807, 2.05) is 6.07 Å². The van der Waals surface area contributed by atoms with E-state index in [1.54, 1.807) is 24.3 Å². The summed E-state index contributed by atoms with van der Waals surface area (Å²) in [6.07, 6.45) is 0.